The lowest BCUT2D eigenvalue weighted by Gasteiger charge is -2.33. The van der Waals surface area contributed by atoms with E-state index in [0.29, 0.717) is 17.5 Å². The normalized spacial score (nSPS) is 26.3. The zero-order valence-corrected chi connectivity index (χ0v) is 15.0. The largest absolute Gasteiger partial charge is 0.480 e. The molecule has 3 atom stereocenters. The van der Waals surface area contributed by atoms with Crippen molar-refractivity contribution in [3.63, 3.8) is 0 Å². The van der Waals surface area contributed by atoms with Crippen LogP contribution < -0.4 is 0 Å². The minimum Gasteiger partial charge on any atom is -0.480 e. The van der Waals surface area contributed by atoms with E-state index in [4.69, 9.17) is 0 Å². The number of aliphatic carboxylic acids is 1. The highest BCUT2D eigenvalue weighted by Crippen LogP contribution is 2.40. The predicted molar refractivity (Wildman–Crippen MR) is 92.9 cm³/mol. The summed E-state index contributed by atoms with van der Waals surface area (Å²) in [6.07, 6.45) is 5.63. The fraction of sp³-hybridized carbons (Fsp3) is 0.556. The Labute approximate surface area is 147 Å². The Morgan fingerprint density at radius 2 is 1.80 bits per heavy atom. The van der Waals surface area contributed by atoms with Crippen molar-refractivity contribution < 1.29 is 23.1 Å². The molecule has 1 aromatic carbocycles. The number of carbonyl (C=O) groups is 2. The van der Waals surface area contributed by atoms with Gasteiger partial charge in [0.1, 0.15) is 6.04 Å². The second kappa shape index (κ2) is 6.78. The van der Waals surface area contributed by atoms with E-state index in [0.717, 1.165) is 31.9 Å². The molecule has 1 saturated carbocycles. The van der Waals surface area contributed by atoms with Gasteiger partial charge in [0.2, 0.25) is 0 Å². The summed E-state index contributed by atoms with van der Waals surface area (Å²) in [5.74, 6) is -1.03. The number of carboxylic acids is 1. The summed E-state index contributed by atoms with van der Waals surface area (Å²) in [4.78, 5) is 26.2. The third-order valence-electron chi connectivity index (χ3n) is 5.24. The highest BCUT2D eigenvalue weighted by molar-refractivity contribution is 7.89. The molecule has 1 aliphatic heterocycles. The molecule has 0 spiro atoms. The van der Waals surface area contributed by atoms with Crippen LogP contribution >= 0.6 is 0 Å². The molecule has 1 saturated heterocycles. The molecule has 0 bridgehead atoms. The topological polar surface area (TPSA) is 91.8 Å². The standard InChI is InChI=1S/C18H23NO5S/c1-25(23,24)11-12-6-8-13(9-7-12)17(20)19-15-5-3-2-4-14(15)10-16(19)18(21)22/h6-9,14-16H,2-5,10-11H2,1H3,(H,21,22)/t14-,15+,16+/m1/s1. The number of rotatable bonds is 4. The molecule has 2 aliphatic rings. The zero-order chi connectivity index (χ0) is 18.2. The van der Waals surface area contributed by atoms with Crippen LogP contribution in [0.25, 0.3) is 0 Å². The summed E-state index contributed by atoms with van der Waals surface area (Å²) in [7, 11) is -3.13. The molecular formula is C18H23NO5S. The van der Waals surface area contributed by atoms with E-state index in [1.807, 2.05) is 0 Å². The summed E-state index contributed by atoms with van der Waals surface area (Å²) in [5, 5.41) is 9.54. The third kappa shape index (κ3) is 3.86. The molecule has 0 unspecified atom stereocenters. The molecule has 1 aliphatic carbocycles. The lowest BCUT2D eigenvalue weighted by atomic mass is 9.84. The lowest BCUT2D eigenvalue weighted by Crippen LogP contribution is -2.46. The van der Waals surface area contributed by atoms with Gasteiger partial charge >= 0.3 is 5.97 Å². The lowest BCUT2D eigenvalue weighted by molar-refractivity contribution is -0.141. The van der Waals surface area contributed by atoms with Crippen LogP contribution in [0.2, 0.25) is 0 Å². The Kier molecular flexibility index (Phi) is 4.86. The number of sulfone groups is 1. The fourth-order valence-electron chi connectivity index (χ4n) is 4.17. The maximum atomic E-state index is 13.0. The minimum absolute atomic E-state index is 0.00181. The molecule has 1 heterocycles. The first kappa shape index (κ1) is 17.9. The van der Waals surface area contributed by atoms with Crippen molar-refractivity contribution in [1.29, 1.82) is 0 Å². The second-order valence-electron chi connectivity index (χ2n) is 7.18. The maximum absolute atomic E-state index is 13.0. The van der Waals surface area contributed by atoms with E-state index >= 15 is 0 Å². The SMILES string of the molecule is CS(=O)(=O)Cc1ccc(C(=O)N2[C@H](C(=O)O)C[C@H]3CCCC[C@@H]32)cc1. The summed E-state index contributed by atoms with van der Waals surface area (Å²) in [6, 6.07) is 5.67. The van der Waals surface area contributed by atoms with Gasteiger partial charge in [-0.15, -0.1) is 0 Å². The van der Waals surface area contributed by atoms with E-state index < -0.39 is 21.8 Å². The summed E-state index contributed by atoms with van der Waals surface area (Å²) < 4.78 is 22.7. The number of hydrogen-bond donors (Lipinski definition) is 1. The first-order chi connectivity index (χ1) is 11.8. The molecule has 6 nitrogen and oxygen atoms in total. The van der Waals surface area contributed by atoms with Crippen LogP contribution in [0.15, 0.2) is 24.3 Å². The van der Waals surface area contributed by atoms with Crippen LogP contribution in [0.4, 0.5) is 0 Å². The van der Waals surface area contributed by atoms with Crippen LogP contribution in [0.1, 0.15) is 48.0 Å². The molecule has 1 amide bonds. The highest BCUT2D eigenvalue weighted by Gasteiger charge is 2.47. The molecule has 136 valence electrons. The van der Waals surface area contributed by atoms with Crippen LogP contribution in [0.5, 0.6) is 0 Å². The van der Waals surface area contributed by atoms with Crippen molar-refractivity contribution in [3.05, 3.63) is 35.4 Å². The average Bonchev–Trinajstić information content (AvgIpc) is 2.93. The van der Waals surface area contributed by atoms with Gasteiger partial charge in [0, 0.05) is 17.9 Å². The summed E-state index contributed by atoms with van der Waals surface area (Å²) >= 11 is 0. The molecule has 25 heavy (non-hydrogen) atoms. The van der Waals surface area contributed by atoms with Gasteiger partial charge < -0.3 is 10.0 Å². The van der Waals surface area contributed by atoms with Crippen LogP contribution in [-0.2, 0) is 20.4 Å². The number of carboxylic acid groups (broad SMARTS) is 1. The summed E-state index contributed by atoms with van der Waals surface area (Å²) in [6.45, 7) is 0. The van der Waals surface area contributed by atoms with Crippen LogP contribution in [0.3, 0.4) is 0 Å². The number of likely N-dealkylation sites (tertiary alicyclic amines) is 1. The average molecular weight is 365 g/mol. The first-order valence-corrected chi connectivity index (χ1v) is 10.6. The predicted octanol–water partition coefficient (Wildman–Crippen LogP) is 2.09. The second-order valence-corrected chi connectivity index (χ2v) is 9.32. The molecule has 0 aromatic heterocycles. The van der Waals surface area contributed by atoms with E-state index in [2.05, 4.69) is 0 Å². The van der Waals surface area contributed by atoms with Gasteiger partial charge in [-0.1, -0.05) is 25.0 Å². The molecule has 7 heteroatoms. The number of carbonyl (C=O) groups excluding carboxylic acids is 1. The zero-order valence-electron chi connectivity index (χ0n) is 14.2. The van der Waals surface area contributed by atoms with E-state index in [9.17, 15) is 23.1 Å². The Morgan fingerprint density at radius 1 is 1.16 bits per heavy atom. The number of nitrogens with zero attached hydrogens (tertiary/aromatic N) is 1. The van der Waals surface area contributed by atoms with Crippen molar-refractivity contribution in [2.75, 3.05) is 6.26 Å². The molecule has 2 fully saturated rings. The number of fused-ring (bicyclic) bond motifs is 1. The first-order valence-electron chi connectivity index (χ1n) is 8.58. The van der Waals surface area contributed by atoms with Gasteiger partial charge in [0.25, 0.3) is 5.91 Å². The number of benzene rings is 1. The van der Waals surface area contributed by atoms with E-state index in [1.54, 1.807) is 29.2 Å². The molecule has 1 N–H and O–H groups in total. The van der Waals surface area contributed by atoms with Gasteiger partial charge in [-0.05, 0) is 42.9 Å². The fourth-order valence-corrected chi connectivity index (χ4v) is 4.97. The van der Waals surface area contributed by atoms with E-state index in [1.165, 1.54) is 0 Å². The quantitative estimate of drug-likeness (QED) is 0.882. The maximum Gasteiger partial charge on any atom is 0.326 e. The van der Waals surface area contributed by atoms with E-state index in [-0.39, 0.29) is 23.6 Å². The van der Waals surface area contributed by atoms with Crippen molar-refractivity contribution >= 4 is 21.7 Å². The monoisotopic (exact) mass is 365 g/mol. The highest BCUT2D eigenvalue weighted by atomic mass is 32.2. The third-order valence-corrected chi connectivity index (χ3v) is 6.10. The van der Waals surface area contributed by atoms with Crippen molar-refractivity contribution in [2.24, 2.45) is 5.92 Å². The number of hydrogen-bond acceptors (Lipinski definition) is 4. The van der Waals surface area contributed by atoms with Crippen molar-refractivity contribution in [3.8, 4) is 0 Å². The van der Waals surface area contributed by atoms with Crippen molar-refractivity contribution in [2.45, 2.75) is 49.9 Å². The Morgan fingerprint density at radius 3 is 2.40 bits per heavy atom. The van der Waals surface area contributed by atoms with Crippen LogP contribution in [-0.4, -0.2) is 48.6 Å². The minimum atomic E-state index is -3.13. The van der Waals surface area contributed by atoms with Gasteiger partial charge in [-0.3, -0.25) is 4.79 Å². The van der Waals surface area contributed by atoms with Gasteiger partial charge in [0.15, 0.2) is 9.84 Å². The van der Waals surface area contributed by atoms with Gasteiger partial charge in [-0.25, -0.2) is 13.2 Å². The number of amides is 1. The smallest absolute Gasteiger partial charge is 0.326 e. The Hall–Kier alpha value is -1.89. The molecular weight excluding hydrogens is 342 g/mol. The van der Waals surface area contributed by atoms with Crippen molar-refractivity contribution in [1.82, 2.24) is 4.90 Å². The summed E-state index contributed by atoms with van der Waals surface area (Å²) in [5.41, 5.74) is 1.03. The van der Waals surface area contributed by atoms with Crippen LogP contribution in [0, 0.1) is 5.92 Å². The molecule has 3 rings (SSSR count). The molecule has 0 radical (unpaired) electrons. The van der Waals surface area contributed by atoms with Gasteiger partial charge in [0.05, 0.1) is 5.75 Å². The molecule has 1 aromatic rings. The Bertz CT molecular complexity index is 771. The Balaban J connectivity index is 1.83. The van der Waals surface area contributed by atoms with Gasteiger partial charge in [-0.2, -0.15) is 0 Å².